The van der Waals surface area contributed by atoms with Crippen molar-refractivity contribution >= 4 is 11.6 Å². The Morgan fingerprint density at radius 1 is 1.36 bits per heavy atom. The van der Waals surface area contributed by atoms with Crippen LogP contribution in [-0.2, 0) is 11.2 Å². The summed E-state index contributed by atoms with van der Waals surface area (Å²) in [6.45, 7) is 0.619. The summed E-state index contributed by atoms with van der Waals surface area (Å²) in [4.78, 5) is 0. The van der Waals surface area contributed by atoms with Crippen LogP contribution in [0.1, 0.15) is 12.0 Å². The van der Waals surface area contributed by atoms with Gasteiger partial charge in [0.2, 0.25) is 0 Å². The Morgan fingerprint density at radius 2 is 2.00 bits per heavy atom. The van der Waals surface area contributed by atoms with E-state index in [0.29, 0.717) is 6.61 Å². The minimum Gasteiger partial charge on any atom is -0.383 e. The van der Waals surface area contributed by atoms with Crippen molar-refractivity contribution in [2.45, 2.75) is 18.9 Å². The first-order chi connectivity index (χ1) is 6.72. The van der Waals surface area contributed by atoms with Crippen LogP contribution in [0.25, 0.3) is 0 Å². The molecule has 0 heterocycles. The lowest BCUT2D eigenvalue weighted by Crippen LogP contribution is -2.26. The van der Waals surface area contributed by atoms with Gasteiger partial charge in [-0.3, -0.25) is 0 Å². The van der Waals surface area contributed by atoms with Gasteiger partial charge in [-0.2, -0.15) is 0 Å². The first-order valence-electron chi connectivity index (χ1n) is 4.71. The topological polar surface area (TPSA) is 35.2 Å². The van der Waals surface area contributed by atoms with E-state index in [2.05, 4.69) is 0 Å². The van der Waals surface area contributed by atoms with Crippen LogP contribution in [0.2, 0.25) is 5.02 Å². The molecule has 0 radical (unpaired) electrons. The normalized spacial score (nSPS) is 12.8. The lowest BCUT2D eigenvalue weighted by molar-refractivity contribution is 0.177. The maximum absolute atomic E-state index is 5.81. The van der Waals surface area contributed by atoms with E-state index in [-0.39, 0.29) is 6.04 Å². The maximum Gasteiger partial charge on any atom is 0.0613 e. The molecule has 1 aromatic rings. The Hall–Kier alpha value is -0.570. The Labute approximate surface area is 90.0 Å². The predicted octanol–water partition coefficient (Wildman–Crippen LogP) is 2.25. The van der Waals surface area contributed by atoms with Gasteiger partial charge in [-0.15, -0.1) is 0 Å². The number of aryl methyl sites for hydroxylation is 1. The van der Waals surface area contributed by atoms with Gasteiger partial charge in [0.15, 0.2) is 0 Å². The third-order valence-corrected chi connectivity index (χ3v) is 2.35. The summed E-state index contributed by atoms with van der Waals surface area (Å²) in [7, 11) is 1.67. The second-order valence-corrected chi connectivity index (χ2v) is 3.82. The van der Waals surface area contributed by atoms with Gasteiger partial charge in [-0.1, -0.05) is 23.7 Å². The highest BCUT2D eigenvalue weighted by molar-refractivity contribution is 6.30. The molecule has 0 saturated carbocycles. The minimum atomic E-state index is 0.121. The van der Waals surface area contributed by atoms with Gasteiger partial charge in [-0.25, -0.2) is 0 Å². The fraction of sp³-hybridized carbons (Fsp3) is 0.455. The number of hydrogen-bond acceptors (Lipinski definition) is 2. The highest BCUT2D eigenvalue weighted by Crippen LogP contribution is 2.11. The van der Waals surface area contributed by atoms with Crippen LogP contribution in [0.5, 0.6) is 0 Å². The van der Waals surface area contributed by atoms with Crippen LogP contribution >= 0.6 is 11.6 Å². The number of nitrogens with two attached hydrogens (primary N) is 1. The van der Waals surface area contributed by atoms with Gasteiger partial charge >= 0.3 is 0 Å². The third kappa shape index (κ3) is 4.09. The Balaban J connectivity index is 2.34. The predicted molar refractivity (Wildman–Crippen MR) is 59.6 cm³/mol. The standard InChI is InChI=1S/C11H16ClNO/c1-14-8-11(13)7-4-9-2-5-10(12)6-3-9/h2-3,5-6,11H,4,7-8,13H2,1H3. The molecule has 2 N–H and O–H groups in total. The number of halogens is 1. The van der Waals surface area contributed by atoms with Crippen molar-refractivity contribution in [2.75, 3.05) is 13.7 Å². The molecule has 0 aliphatic rings. The molecule has 0 bridgehead atoms. The van der Waals surface area contributed by atoms with Gasteiger partial charge in [-0.05, 0) is 30.5 Å². The van der Waals surface area contributed by atoms with Crippen molar-refractivity contribution in [2.24, 2.45) is 5.73 Å². The van der Waals surface area contributed by atoms with Gasteiger partial charge < -0.3 is 10.5 Å². The second kappa shape index (κ2) is 6.02. The molecule has 2 nitrogen and oxygen atoms in total. The second-order valence-electron chi connectivity index (χ2n) is 3.38. The summed E-state index contributed by atoms with van der Waals surface area (Å²) >= 11 is 5.78. The molecular weight excluding hydrogens is 198 g/mol. The molecule has 1 atom stereocenters. The van der Waals surface area contributed by atoms with Gasteiger partial charge in [0.05, 0.1) is 6.61 Å². The summed E-state index contributed by atoms with van der Waals surface area (Å²) < 4.78 is 4.97. The molecule has 0 saturated heterocycles. The monoisotopic (exact) mass is 213 g/mol. The zero-order valence-corrected chi connectivity index (χ0v) is 9.13. The zero-order chi connectivity index (χ0) is 10.4. The van der Waals surface area contributed by atoms with Crippen molar-refractivity contribution in [1.29, 1.82) is 0 Å². The first-order valence-corrected chi connectivity index (χ1v) is 5.09. The van der Waals surface area contributed by atoms with Crippen LogP contribution in [0, 0.1) is 0 Å². The van der Waals surface area contributed by atoms with Crippen LogP contribution in [-0.4, -0.2) is 19.8 Å². The van der Waals surface area contributed by atoms with Crippen LogP contribution in [0.15, 0.2) is 24.3 Å². The largest absolute Gasteiger partial charge is 0.383 e. The van der Waals surface area contributed by atoms with E-state index in [1.54, 1.807) is 7.11 Å². The van der Waals surface area contributed by atoms with E-state index < -0.39 is 0 Å². The molecule has 3 heteroatoms. The van der Waals surface area contributed by atoms with Crippen molar-refractivity contribution in [3.8, 4) is 0 Å². The first kappa shape index (κ1) is 11.5. The highest BCUT2D eigenvalue weighted by Gasteiger charge is 2.01. The molecule has 1 rings (SSSR count). The summed E-state index contributed by atoms with van der Waals surface area (Å²) in [6.07, 6.45) is 1.91. The molecule has 78 valence electrons. The molecule has 0 amide bonds. The smallest absolute Gasteiger partial charge is 0.0613 e. The number of hydrogen-bond donors (Lipinski definition) is 1. The summed E-state index contributed by atoms with van der Waals surface area (Å²) in [6, 6.07) is 7.98. The Kier molecular flexibility index (Phi) is 4.94. The molecule has 0 aromatic heterocycles. The van der Waals surface area contributed by atoms with Crippen molar-refractivity contribution in [1.82, 2.24) is 0 Å². The molecule has 0 aliphatic carbocycles. The summed E-state index contributed by atoms with van der Waals surface area (Å²) in [5.41, 5.74) is 7.08. The zero-order valence-electron chi connectivity index (χ0n) is 8.37. The minimum absolute atomic E-state index is 0.121. The van der Waals surface area contributed by atoms with E-state index >= 15 is 0 Å². The summed E-state index contributed by atoms with van der Waals surface area (Å²) in [5, 5.41) is 0.773. The number of methoxy groups -OCH3 is 1. The number of benzene rings is 1. The molecular formula is C11H16ClNO. The Bertz CT molecular complexity index is 260. The third-order valence-electron chi connectivity index (χ3n) is 2.10. The van der Waals surface area contributed by atoms with E-state index in [4.69, 9.17) is 22.1 Å². The average molecular weight is 214 g/mol. The van der Waals surface area contributed by atoms with Crippen molar-refractivity contribution in [3.05, 3.63) is 34.9 Å². The highest BCUT2D eigenvalue weighted by atomic mass is 35.5. The molecule has 1 aromatic carbocycles. The van der Waals surface area contributed by atoms with Crippen molar-refractivity contribution in [3.63, 3.8) is 0 Å². The number of rotatable bonds is 5. The fourth-order valence-corrected chi connectivity index (χ4v) is 1.43. The van der Waals surface area contributed by atoms with Crippen LogP contribution < -0.4 is 5.73 Å². The van der Waals surface area contributed by atoms with E-state index in [0.717, 1.165) is 17.9 Å². The molecule has 0 fully saturated rings. The van der Waals surface area contributed by atoms with E-state index in [9.17, 15) is 0 Å². The molecule has 0 aliphatic heterocycles. The SMILES string of the molecule is COCC(N)CCc1ccc(Cl)cc1. The molecule has 14 heavy (non-hydrogen) atoms. The maximum atomic E-state index is 5.81. The van der Waals surface area contributed by atoms with Crippen molar-refractivity contribution < 1.29 is 4.74 Å². The number of ether oxygens (including phenoxy) is 1. The van der Waals surface area contributed by atoms with Gasteiger partial charge in [0.1, 0.15) is 0 Å². The van der Waals surface area contributed by atoms with Gasteiger partial charge in [0, 0.05) is 18.2 Å². The van der Waals surface area contributed by atoms with E-state index in [1.807, 2.05) is 24.3 Å². The van der Waals surface area contributed by atoms with Crippen LogP contribution in [0.3, 0.4) is 0 Å². The Morgan fingerprint density at radius 3 is 2.57 bits per heavy atom. The molecule has 1 unspecified atom stereocenters. The lowest BCUT2D eigenvalue weighted by Gasteiger charge is -2.09. The van der Waals surface area contributed by atoms with Crippen LogP contribution in [0.4, 0.5) is 0 Å². The molecule has 0 spiro atoms. The fourth-order valence-electron chi connectivity index (χ4n) is 1.30. The van der Waals surface area contributed by atoms with E-state index in [1.165, 1.54) is 5.56 Å². The quantitative estimate of drug-likeness (QED) is 0.815. The average Bonchev–Trinajstić information content (AvgIpc) is 2.17. The van der Waals surface area contributed by atoms with Gasteiger partial charge in [0.25, 0.3) is 0 Å². The summed E-state index contributed by atoms with van der Waals surface area (Å²) in [5.74, 6) is 0. The lowest BCUT2D eigenvalue weighted by atomic mass is 10.1.